The molecule has 2 aromatic rings. The number of nitrogens with zero attached hydrogens (tertiary/aromatic N) is 3. The summed E-state index contributed by atoms with van der Waals surface area (Å²) in [5, 5.41) is 8.30. The van der Waals surface area contributed by atoms with E-state index < -0.39 is 0 Å². The second-order valence-electron chi connectivity index (χ2n) is 4.89. The molecule has 1 aliphatic rings. The zero-order valence-corrected chi connectivity index (χ0v) is 11.2. The van der Waals surface area contributed by atoms with Crippen molar-refractivity contribution in [1.82, 2.24) is 14.8 Å². The van der Waals surface area contributed by atoms with E-state index in [1.165, 1.54) is 6.07 Å². The van der Waals surface area contributed by atoms with Gasteiger partial charge in [0.1, 0.15) is 24.0 Å². The lowest BCUT2D eigenvalue weighted by molar-refractivity contribution is 0.284. The number of rotatable bonds is 4. The van der Waals surface area contributed by atoms with Gasteiger partial charge in [-0.05, 0) is 18.9 Å². The van der Waals surface area contributed by atoms with E-state index >= 15 is 0 Å². The van der Waals surface area contributed by atoms with Crippen LogP contribution in [0.1, 0.15) is 30.1 Å². The van der Waals surface area contributed by atoms with E-state index in [2.05, 4.69) is 14.8 Å². The lowest BCUT2D eigenvalue weighted by Crippen LogP contribution is -2.14. The van der Waals surface area contributed by atoms with Gasteiger partial charge >= 0.3 is 0 Å². The number of fused-ring (bicyclic) bond motifs is 1. The molecule has 106 valence electrons. The SMILES string of the molecule is NCc1ccc(OCc2nnc3n2CCCC3)cc1F. The normalized spacial score (nSPS) is 14.1. The van der Waals surface area contributed by atoms with Gasteiger partial charge in [-0.2, -0.15) is 0 Å². The van der Waals surface area contributed by atoms with Crippen molar-refractivity contribution in [2.75, 3.05) is 0 Å². The summed E-state index contributed by atoms with van der Waals surface area (Å²) in [6, 6.07) is 4.72. The molecule has 0 bridgehead atoms. The quantitative estimate of drug-likeness (QED) is 0.924. The Labute approximate surface area is 116 Å². The minimum absolute atomic E-state index is 0.184. The predicted molar refractivity (Wildman–Crippen MR) is 71.6 cm³/mol. The topological polar surface area (TPSA) is 66.0 Å². The van der Waals surface area contributed by atoms with Crippen molar-refractivity contribution in [2.24, 2.45) is 5.73 Å². The number of aromatic nitrogens is 3. The van der Waals surface area contributed by atoms with Crippen molar-refractivity contribution < 1.29 is 9.13 Å². The van der Waals surface area contributed by atoms with Crippen LogP contribution in [-0.4, -0.2) is 14.8 Å². The average molecular weight is 276 g/mol. The molecular formula is C14H17FN4O. The first-order chi connectivity index (χ1) is 9.78. The van der Waals surface area contributed by atoms with Gasteiger partial charge in [0.15, 0.2) is 5.82 Å². The van der Waals surface area contributed by atoms with Crippen molar-refractivity contribution in [3.63, 3.8) is 0 Å². The Bertz CT molecular complexity index is 611. The van der Waals surface area contributed by atoms with Crippen LogP contribution >= 0.6 is 0 Å². The molecule has 1 aromatic carbocycles. The Morgan fingerprint density at radius 3 is 3.00 bits per heavy atom. The third-order valence-corrected chi connectivity index (χ3v) is 3.55. The van der Waals surface area contributed by atoms with Crippen molar-refractivity contribution >= 4 is 0 Å². The number of halogens is 1. The van der Waals surface area contributed by atoms with Crippen LogP contribution in [-0.2, 0) is 26.1 Å². The molecule has 5 nitrogen and oxygen atoms in total. The number of aryl methyl sites for hydroxylation is 1. The number of nitrogens with two attached hydrogens (primary N) is 1. The van der Waals surface area contributed by atoms with Gasteiger partial charge in [-0.15, -0.1) is 10.2 Å². The van der Waals surface area contributed by atoms with E-state index in [-0.39, 0.29) is 12.4 Å². The molecule has 1 aromatic heterocycles. The number of ether oxygens (including phenoxy) is 1. The summed E-state index contributed by atoms with van der Waals surface area (Å²) in [6.45, 7) is 1.42. The summed E-state index contributed by atoms with van der Waals surface area (Å²) >= 11 is 0. The summed E-state index contributed by atoms with van der Waals surface area (Å²) in [5.41, 5.74) is 5.91. The number of hydrogen-bond donors (Lipinski definition) is 1. The molecule has 0 aliphatic carbocycles. The van der Waals surface area contributed by atoms with Gasteiger partial charge in [-0.25, -0.2) is 4.39 Å². The Balaban J connectivity index is 1.70. The summed E-state index contributed by atoms with van der Waals surface area (Å²) in [7, 11) is 0. The fraction of sp³-hybridized carbons (Fsp3) is 0.429. The first-order valence-electron chi connectivity index (χ1n) is 6.80. The standard InChI is InChI=1S/C14H17FN4O/c15-12-7-11(5-4-10(12)8-16)20-9-14-18-17-13-3-1-2-6-19(13)14/h4-5,7H,1-3,6,8-9,16H2. The fourth-order valence-electron chi connectivity index (χ4n) is 2.41. The highest BCUT2D eigenvalue weighted by Gasteiger charge is 2.16. The molecule has 20 heavy (non-hydrogen) atoms. The highest BCUT2D eigenvalue weighted by molar-refractivity contribution is 5.28. The highest BCUT2D eigenvalue weighted by atomic mass is 19.1. The Morgan fingerprint density at radius 2 is 2.20 bits per heavy atom. The van der Waals surface area contributed by atoms with E-state index in [4.69, 9.17) is 10.5 Å². The fourth-order valence-corrected chi connectivity index (χ4v) is 2.41. The highest BCUT2D eigenvalue weighted by Crippen LogP contribution is 2.19. The van der Waals surface area contributed by atoms with Crippen LogP contribution in [0.2, 0.25) is 0 Å². The van der Waals surface area contributed by atoms with Crippen molar-refractivity contribution in [3.05, 3.63) is 41.2 Å². The van der Waals surface area contributed by atoms with E-state index in [0.29, 0.717) is 17.9 Å². The smallest absolute Gasteiger partial charge is 0.171 e. The second-order valence-corrected chi connectivity index (χ2v) is 4.89. The minimum atomic E-state index is -0.340. The predicted octanol–water partition coefficient (Wildman–Crippen LogP) is 1.79. The maximum atomic E-state index is 13.6. The van der Waals surface area contributed by atoms with Crippen LogP contribution in [0.25, 0.3) is 0 Å². The largest absolute Gasteiger partial charge is 0.486 e. The zero-order valence-electron chi connectivity index (χ0n) is 11.2. The van der Waals surface area contributed by atoms with Crippen LogP contribution in [0, 0.1) is 5.82 Å². The van der Waals surface area contributed by atoms with E-state index in [9.17, 15) is 4.39 Å². The number of hydrogen-bond acceptors (Lipinski definition) is 4. The van der Waals surface area contributed by atoms with Crippen molar-refractivity contribution in [2.45, 2.75) is 39.0 Å². The molecule has 1 aliphatic heterocycles. The van der Waals surface area contributed by atoms with Gasteiger partial charge in [0.05, 0.1) is 0 Å². The first-order valence-corrected chi connectivity index (χ1v) is 6.80. The lowest BCUT2D eigenvalue weighted by atomic mass is 10.2. The maximum Gasteiger partial charge on any atom is 0.171 e. The second kappa shape index (κ2) is 5.58. The molecule has 0 saturated carbocycles. The molecule has 0 saturated heterocycles. The van der Waals surface area contributed by atoms with Gasteiger partial charge in [-0.1, -0.05) is 6.07 Å². The van der Waals surface area contributed by atoms with E-state index in [1.807, 2.05) is 0 Å². The van der Waals surface area contributed by atoms with Crippen LogP contribution in [0.5, 0.6) is 5.75 Å². The monoisotopic (exact) mass is 276 g/mol. The molecule has 0 radical (unpaired) electrons. The first kappa shape index (κ1) is 13.1. The Kier molecular flexibility index (Phi) is 3.64. The zero-order chi connectivity index (χ0) is 13.9. The van der Waals surface area contributed by atoms with E-state index in [0.717, 1.165) is 37.5 Å². The van der Waals surface area contributed by atoms with Crippen LogP contribution in [0.4, 0.5) is 4.39 Å². The molecule has 0 fully saturated rings. The molecule has 2 N–H and O–H groups in total. The summed E-state index contributed by atoms with van der Waals surface area (Å²) in [5.74, 6) is 1.95. The molecule has 3 rings (SSSR count). The molecule has 0 spiro atoms. The van der Waals surface area contributed by atoms with Crippen LogP contribution in [0.15, 0.2) is 18.2 Å². The summed E-state index contributed by atoms with van der Waals surface area (Å²) in [4.78, 5) is 0. The Morgan fingerprint density at radius 1 is 1.30 bits per heavy atom. The summed E-state index contributed by atoms with van der Waals surface area (Å²) in [6.07, 6.45) is 3.26. The third kappa shape index (κ3) is 2.51. The van der Waals surface area contributed by atoms with Crippen LogP contribution in [0.3, 0.4) is 0 Å². The molecule has 0 atom stereocenters. The molecule has 0 unspecified atom stereocenters. The van der Waals surface area contributed by atoms with Gasteiger partial charge < -0.3 is 15.0 Å². The Hall–Kier alpha value is -1.95. The maximum absolute atomic E-state index is 13.6. The molecule has 0 amide bonds. The summed E-state index contributed by atoms with van der Waals surface area (Å²) < 4.78 is 21.3. The van der Waals surface area contributed by atoms with Gasteiger partial charge in [0.2, 0.25) is 0 Å². The van der Waals surface area contributed by atoms with Crippen LogP contribution < -0.4 is 10.5 Å². The van der Waals surface area contributed by atoms with Gasteiger partial charge in [0, 0.05) is 31.1 Å². The van der Waals surface area contributed by atoms with Crippen molar-refractivity contribution in [3.8, 4) is 5.75 Å². The van der Waals surface area contributed by atoms with Crippen molar-refractivity contribution in [1.29, 1.82) is 0 Å². The minimum Gasteiger partial charge on any atom is -0.486 e. The lowest BCUT2D eigenvalue weighted by Gasteiger charge is -2.15. The number of benzene rings is 1. The third-order valence-electron chi connectivity index (χ3n) is 3.55. The van der Waals surface area contributed by atoms with E-state index in [1.54, 1.807) is 12.1 Å². The van der Waals surface area contributed by atoms with Gasteiger partial charge in [-0.3, -0.25) is 0 Å². The average Bonchev–Trinajstić information content (AvgIpc) is 2.88. The van der Waals surface area contributed by atoms with Gasteiger partial charge in [0.25, 0.3) is 0 Å². The molecular weight excluding hydrogens is 259 g/mol. The molecule has 2 heterocycles. The molecule has 6 heteroatoms.